The zero-order chi connectivity index (χ0) is 12.0. The molecule has 1 aromatic heterocycles. The topological polar surface area (TPSA) is 51.4 Å². The molecule has 0 aliphatic heterocycles. The molecule has 1 aromatic rings. The Labute approximate surface area is 105 Å². The standard InChI is InChI=1S/C11H18BrN3O/c1-3-15(4-2)5-6-16-11-10(12)7-9(13)8-14-11/h7-8H,3-6,13H2,1-2H3. The molecule has 0 radical (unpaired) electrons. The van der Waals surface area contributed by atoms with E-state index in [1.165, 1.54) is 0 Å². The van der Waals surface area contributed by atoms with Crippen molar-refractivity contribution >= 4 is 21.6 Å². The van der Waals surface area contributed by atoms with Gasteiger partial charge in [-0.2, -0.15) is 0 Å². The molecule has 4 nitrogen and oxygen atoms in total. The number of anilines is 1. The third kappa shape index (κ3) is 3.98. The number of aromatic nitrogens is 1. The second kappa shape index (κ2) is 6.70. The molecule has 16 heavy (non-hydrogen) atoms. The summed E-state index contributed by atoms with van der Waals surface area (Å²) in [5.74, 6) is 0.598. The summed E-state index contributed by atoms with van der Waals surface area (Å²) in [5, 5.41) is 0. The smallest absolute Gasteiger partial charge is 0.228 e. The Morgan fingerprint density at radius 1 is 1.44 bits per heavy atom. The van der Waals surface area contributed by atoms with Gasteiger partial charge < -0.3 is 15.4 Å². The first-order chi connectivity index (χ1) is 7.67. The van der Waals surface area contributed by atoms with Crippen molar-refractivity contribution in [1.29, 1.82) is 0 Å². The maximum Gasteiger partial charge on any atom is 0.228 e. The van der Waals surface area contributed by atoms with Gasteiger partial charge in [0.15, 0.2) is 0 Å². The molecule has 90 valence electrons. The lowest BCUT2D eigenvalue weighted by Crippen LogP contribution is -2.28. The minimum absolute atomic E-state index is 0.598. The fourth-order valence-corrected chi connectivity index (χ4v) is 1.84. The fraction of sp³-hybridized carbons (Fsp3) is 0.545. The molecule has 1 rings (SSSR count). The van der Waals surface area contributed by atoms with Crippen molar-refractivity contribution in [3.8, 4) is 5.88 Å². The molecule has 0 unspecified atom stereocenters. The highest BCUT2D eigenvalue weighted by Gasteiger charge is 2.04. The molecule has 0 bridgehead atoms. The van der Waals surface area contributed by atoms with Crippen molar-refractivity contribution in [2.45, 2.75) is 13.8 Å². The van der Waals surface area contributed by atoms with E-state index in [-0.39, 0.29) is 0 Å². The van der Waals surface area contributed by atoms with Gasteiger partial charge >= 0.3 is 0 Å². The summed E-state index contributed by atoms with van der Waals surface area (Å²) in [4.78, 5) is 6.41. The van der Waals surface area contributed by atoms with Crippen molar-refractivity contribution in [2.75, 3.05) is 32.0 Å². The predicted octanol–water partition coefficient (Wildman–Crippen LogP) is 2.15. The Kier molecular flexibility index (Phi) is 5.55. The average Bonchev–Trinajstić information content (AvgIpc) is 2.27. The fourth-order valence-electron chi connectivity index (χ4n) is 1.36. The van der Waals surface area contributed by atoms with Crippen molar-refractivity contribution in [3.63, 3.8) is 0 Å². The zero-order valence-electron chi connectivity index (χ0n) is 9.74. The van der Waals surface area contributed by atoms with E-state index in [1.807, 2.05) is 0 Å². The van der Waals surface area contributed by atoms with E-state index in [1.54, 1.807) is 12.3 Å². The molecule has 0 aromatic carbocycles. The molecular formula is C11H18BrN3O. The third-order valence-electron chi connectivity index (χ3n) is 2.37. The van der Waals surface area contributed by atoms with Crippen LogP contribution >= 0.6 is 15.9 Å². The van der Waals surface area contributed by atoms with Gasteiger partial charge in [-0.25, -0.2) is 4.98 Å². The number of nitrogens with zero attached hydrogens (tertiary/aromatic N) is 2. The first-order valence-corrected chi connectivity index (χ1v) is 6.22. The normalized spacial score (nSPS) is 10.8. The van der Waals surface area contributed by atoms with Gasteiger partial charge in [0.2, 0.25) is 5.88 Å². The van der Waals surface area contributed by atoms with E-state index in [2.05, 4.69) is 39.7 Å². The average molecular weight is 288 g/mol. The lowest BCUT2D eigenvalue weighted by Gasteiger charge is -2.17. The lowest BCUT2D eigenvalue weighted by atomic mass is 10.4. The molecular weight excluding hydrogens is 270 g/mol. The highest BCUT2D eigenvalue weighted by molar-refractivity contribution is 9.10. The minimum Gasteiger partial charge on any atom is -0.476 e. The molecule has 5 heteroatoms. The van der Waals surface area contributed by atoms with Crippen LogP contribution in [0.1, 0.15) is 13.8 Å². The second-order valence-electron chi connectivity index (χ2n) is 3.43. The number of nitrogens with two attached hydrogens (primary N) is 1. The van der Waals surface area contributed by atoms with Crippen LogP contribution in [0.3, 0.4) is 0 Å². The molecule has 0 amide bonds. The number of hydrogen-bond acceptors (Lipinski definition) is 4. The Morgan fingerprint density at radius 2 is 2.12 bits per heavy atom. The van der Waals surface area contributed by atoms with Crippen LogP contribution in [0, 0.1) is 0 Å². The number of hydrogen-bond donors (Lipinski definition) is 1. The molecule has 0 saturated carbocycles. The highest BCUT2D eigenvalue weighted by atomic mass is 79.9. The van der Waals surface area contributed by atoms with Crippen LogP contribution in [-0.4, -0.2) is 36.1 Å². The molecule has 0 fully saturated rings. The lowest BCUT2D eigenvalue weighted by molar-refractivity contribution is 0.217. The van der Waals surface area contributed by atoms with Crippen LogP contribution in [0.5, 0.6) is 5.88 Å². The Hall–Kier alpha value is -0.810. The summed E-state index contributed by atoms with van der Waals surface area (Å²) in [5.41, 5.74) is 6.22. The number of likely N-dealkylation sites (N-methyl/N-ethyl adjacent to an activating group) is 1. The highest BCUT2D eigenvalue weighted by Crippen LogP contribution is 2.23. The monoisotopic (exact) mass is 287 g/mol. The SMILES string of the molecule is CCN(CC)CCOc1ncc(N)cc1Br. The first-order valence-electron chi connectivity index (χ1n) is 5.43. The van der Waals surface area contributed by atoms with Crippen molar-refractivity contribution < 1.29 is 4.74 Å². The number of halogens is 1. The van der Waals surface area contributed by atoms with E-state index >= 15 is 0 Å². The molecule has 0 atom stereocenters. The molecule has 2 N–H and O–H groups in total. The largest absolute Gasteiger partial charge is 0.476 e. The van der Waals surface area contributed by atoms with Crippen molar-refractivity contribution in [3.05, 3.63) is 16.7 Å². The molecule has 0 spiro atoms. The summed E-state index contributed by atoms with van der Waals surface area (Å²) in [6.45, 7) is 7.90. The second-order valence-corrected chi connectivity index (χ2v) is 4.29. The third-order valence-corrected chi connectivity index (χ3v) is 2.94. The molecule has 0 aliphatic carbocycles. The summed E-state index contributed by atoms with van der Waals surface area (Å²) in [7, 11) is 0. The molecule has 0 aliphatic rings. The number of ether oxygens (including phenoxy) is 1. The van der Waals surface area contributed by atoms with E-state index < -0.39 is 0 Å². The van der Waals surface area contributed by atoms with Crippen molar-refractivity contribution in [1.82, 2.24) is 9.88 Å². The number of rotatable bonds is 6. The van der Waals surface area contributed by atoms with Gasteiger partial charge in [0.05, 0.1) is 16.4 Å². The maximum atomic E-state index is 5.59. The van der Waals surface area contributed by atoms with E-state index in [0.29, 0.717) is 18.2 Å². The van der Waals surface area contributed by atoms with Crippen molar-refractivity contribution in [2.24, 2.45) is 0 Å². The quantitative estimate of drug-likeness (QED) is 0.871. The van der Waals surface area contributed by atoms with E-state index in [4.69, 9.17) is 10.5 Å². The molecule has 1 heterocycles. The zero-order valence-corrected chi connectivity index (χ0v) is 11.3. The van der Waals surface area contributed by atoms with Gasteiger partial charge in [0, 0.05) is 6.54 Å². The Bertz CT molecular complexity index is 329. The summed E-state index contributed by atoms with van der Waals surface area (Å²) >= 11 is 3.37. The van der Waals surface area contributed by atoms with Crippen LogP contribution in [0.15, 0.2) is 16.7 Å². The van der Waals surface area contributed by atoms with Gasteiger partial charge in [-0.05, 0) is 35.1 Å². The van der Waals surface area contributed by atoms with Crippen LogP contribution in [0.4, 0.5) is 5.69 Å². The van der Waals surface area contributed by atoms with Gasteiger partial charge in [-0.3, -0.25) is 0 Å². The summed E-state index contributed by atoms with van der Waals surface area (Å²) in [6, 6.07) is 1.79. The van der Waals surface area contributed by atoms with Crippen LogP contribution in [0.25, 0.3) is 0 Å². The minimum atomic E-state index is 0.598. The van der Waals surface area contributed by atoms with Crippen LogP contribution < -0.4 is 10.5 Å². The Morgan fingerprint density at radius 3 is 2.69 bits per heavy atom. The summed E-state index contributed by atoms with van der Waals surface area (Å²) < 4.78 is 6.37. The van der Waals surface area contributed by atoms with E-state index in [9.17, 15) is 0 Å². The van der Waals surface area contributed by atoms with E-state index in [0.717, 1.165) is 24.1 Å². The number of pyridine rings is 1. The first kappa shape index (κ1) is 13.3. The maximum absolute atomic E-state index is 5.59. The van der Waals surface area contributed by atoms with Crippen LogP contribution in [0.2, 0.25) is 0 Å². The van der Waals surface area contributed by atoms with Gasteiger partial charge in [0.25, 0.3) is 0 Å². The van der Waals surface area contributed by atoms with Gasteiger partial charge in [0.1, 0.15) is 6.61 Å². The molecule has 0 saturated heterocycles. The van der Waals surface area contributed by atoms with Gasteiger partial charge in [-0.15, -0.1) is 0 Å². The van der Waals surface area contributed by atoms with Crippen LogP contribution in [-0.2, 0) is 0 Å². The predicted molar refractivity (Wildman–Crippen MR) is 69.6 cm³/mol. The Balaban J connectivity index is 2.42. The summed E-state index contributed by atoms with van der Waals surface area (Å²) in [6.07, 6.45) is 1.59. The number of nitrogen functional groups attached to an aromatic ring is 1. The van der Waals surface area contributed by atoms with Gasteiger partial charge in [-0.1, -0.05) is 13.8 Å².